The number of nitrogens with zero attached hydrogens (tertiary/aromatic N) is 2. The number of sulfonamides is 1. The van der Waals surface area contributed by atoms with Gasteiger partial charge < -0.3 is 15.0 Å². The summed E-state index contributed by atoms with van der Waals surface area (Å²) in [5, 5.41) is 2.69. The fraction of sp³-hybridized carbons (Fsp3) is 0.212. The van der Waals surface area contributed by atoms with Crippen molar-refractivity contribution in [1.29, 1.82) is 0 Å². The quantitative estimate of drug-likeness (QED) is 0.176. The highest BCUT2D eigenvalue weighted by Gasteiger charge is 2.34. The summed E-state index contributed by atoms with van der Waals surface area (Å²) >= 11 is 6.79. The van der Waals surface area contributed by atoms with Gasteiger partial charge in [0.05, 0.1) is 17.2 Å². The molecule has 4 aromatic carbocycles. The molecule has 0 spiro atoms. The first-order valence-corrected chi connectivity index (χ1v) is 17.0. The zero-order chi connectivity index (χ0) is 31.7. The maximum Gasteiger partial charge on any atom is 0.264 e. The zero-order valence-corrected chi connectivity index (χ0v) is 28.3. The monoisotopic (exact) mass is 741 g/mol. The molecule has 2 amide bonds. The van der Waals surface area contributed by atoms with Crippen LogP contribution in [0.15, 0.2) is 117 Å². The van der Waals surface area contributed by atoms with Gasteiger partial charge in [0.2, 0.25) is 11.8 Å². The molecule has 0 heterocycles. The molecule has 44 heavy (non-hydrogen) atoms. The van der Waals surface area contributed by atoms with Crippen LogP contribution in [-0.2, 0) is 32.6 Å². The lowest BCUT2D eigenvalue weighted by molar-refractivity contribution is -0.139. The highest BCUT2D eigenvalue weighted by molar-refractivity contribution is 9.10. The minimum Gasteiger partial charge on any atom is -0.494 e. The van der Waals surface area contributed by atoms with Gasteiger partial charge in [0.15, 0.2) is 0 Å². The number of hydrogen-bond donors (Lipinski definition) is 1. The summed E-state index contributed by atoms with van der Waals surface area (Å²) in [5.41, 5.74) is 1.93. The van der Waals surface area contributed by atoms with E-state index in [1.807, 2.05) is 61.5 Å². The molecule has 0 saturated carbocycles. The number of amides is 2. The second-order valence-corrected chi connectivity index (χ2v) is 13.6. The smallest absolute Gasteiger partial charge is 0.264 e. The van der Waals surface area contributed by atoms with Gasteiger partial charge in [-0.2, -0.15) is 0 Å². The lowest BCUT2D eigenvalue weighted by Gasteiger charge is -2.33. The Morgan fingerprint density at radius 3 is 1.98 bits per heavy atom. The third kappa shape index (κ3) is 8.49. The van der Waals surface area contributed by atoms with Crippen LogP contribution >= 0.6 is 31.9 Å². The second-order valence-electron chi connectivity index (χ2n) is 9.86. The van der Waals surface area contributed by atoms with E-state index in [1.165, 1.54) is 24.1 Å². The van der Waals surface area contributed by atoms with Crippen LogP contribution in [0.25, 0.3) is 0 Å². The van der Waals surface area contributed by atoms with Crippen molar-refractivity contribution in [3.63, 3.8) is 0 Å². The molecule has 4 aromatic rings. The van der Waals surface area contributed by atoms with Gasteiger partial charge in [0.1, 0.15) is 18.3 Å². The lowest BCUT2D eigenvalue weighted by Crippen LogP contribution is -2.53. The summed E-state index contributed by atoms with van der Waals surface area (Å²) in [6.45, 7) is 1.86. The molecule has 0 aliphatic rings. The third-order valence-electron chi connectivity index (χ3n) is 6.90. The molecule has 4 rings (SSSR count). The molecule has 0 bridgehead atoms. The summed E-state index contributed by atoms with van der Waals surface area (Å²) in [4.78, 5) is 29.2. The Bertz CT molecular complexity index is 1650. The molecule has 0 radical (unpaired) electrons. The van der Waals surface area contributed by atoms with E-state index in [-0.39, 0.29) is 29.5 Å². The number of likely N-dealkylation sites (N-methyl/N-ethyl adjacent to an activating group) is 1. The predicted octanol–water partition coefficient (Wildman–Crippen LogP) is 6.19. The van der Waals surface area contributed by atoms with Crippen LogP contribution in [-0.4, -0.2) is 51.4 Å². The Hall–Kier alpha value is -3.67. The third-order valence-corrected chi connectivity index (χ3v) is 9.75. The van der Waals surface area contributed by atoms with E-state index >= 15 is 0 Å². The van der Waals surface area contributed by atoms with Crippen LogP contribution in [0.5, 0.6) is 5.75 Å². The van der Waals surface area contributed by atoms with Gasteiger partial charge in [-0.05, 0) is 78.7 Å². The van der Waals surface area contributed by atoms with E-state index in [0.717, 1.165) is 24.4 Å². The van der Waals surface area contributed by atoms with Crippen LogP contribution in [0.4, 0.5) is 5.69 Å². The number of carbonyl (C=O) groups excluding carboxylic acids is 2. The molecule has 1 N–H and O–H groups in total. The largest absolute Gasteiger partial charge is 0.494 e. The topological polar surface area (TPSA) is 96.0 Å². The number of nitrogens with one attached hydrogen (secondary N) is 1. The van der Waals surface area contributed by atoms with Gasteiger partial charge >= 0.3 is 0 Å². The molecule has 0 aliphatic carbocycles. The van der Waals surface area contributed by atoms with Crippen LogP contribution in [0, 0.1) is 0 Å². The number of hydrogen-bond acceptors (Lipinski definition) is 5. The maximum atomic E-state index is 14.4. The first-order chi connectivity index (χ1) is 21.1. The normalized spacial score (nSPS) is 11.8. The standard InChI is InChI=1S/C33H33Br2N3O5S/c1-3-43-29-17-15-28(16-18-29)38(44(41,42)30-19-13-27(35)14-20-30)23-32(39)37(22-25-9-11-26(34)12-10-25)31(33(40)36-2)21-24-7-5-4-6-8-24/h4-20,31H,3,21-23H2,1-2H3,(H,36,40). The van der Waals surface area contributed by atoms with E-state index in [2.05, 4.69) is 37.2 Å². The van der Waals surface area contributed by atoms with E-state index in [0.29, 0.717) is 12.4 Å². The minimum atomic E-state index is -4.20. The van der Waals surface area contributed by atoms with Gasteiger partial charge in [0, 0.05) is 29.0 Å². The molecule has 230 valence electrons. The Morgan fingerprint density at radius 1 is 0.818 bits per heavy atom. The fourth-order valence-corrected chi connectivity index (χ4v) is 6.59. The highest BCUT2D eigenvalue weighted by atomic mass is 79.9. The Balaban J connectivity index is 1.78. The second kappa shape index (κ2) is 15.4. The molecule has 0 saturated heterocycles. The summed E-state index contributed by atoms with van der Waals surface area (Å²) in [5.74, 6) is -0.322. The summed E-state index contributed by atoms with van der Waals surface area (Å²) in [6, 6.07) is 28.7. The molecule has 1 atom stereocenters. The molecular formula is C33H33Br2N3O5S. The van der Waals surface area contributed by atoms with Gasteiger partial charge in [-0.25, -0.2) is 8.42 Å². The molecule has 0 aliphatic heterocycles. The number of rotatable bonds is 13. The van der Waals surface area contributed by atoms with E-state index in [4.69, 9.17) is 4.74 Å². The number of anilines is 1. The van der Waals surface area contributed by atoms with Crippen molar-refractivity contribution in [2.75, 3.05) is 24.5 Å². The zero-order valence-electron chi connectivity index (χ0n) is 24.3. The highest BCUT2D eigenvalue weighted by Crippen LogP contribution is 2.28. The summed E-state index contributed by atoms with van der Waals surface area (Å²) in [6.07, 6.45) is 0.241. The number of benzene rings is 4. The van der Waals surface area contributed by atoms with Crippen molar-refractivity contribution in [2.24, 2.45) is 0 Å². The lowest BCUT2D eigenvalue weighted by atomic mass is 10.0. The average molecular weight is 744 g/mol. The molecule has 11 heteroatoms. The van der Waals surface area contributed by atoms with Crippen molar-refractivity contribution in [2.45, 2.75) is 30.8 Å². The van der Waals surface area contributed by atoms with Crippen LogP contribution in [0.1, 0.15) is 18.1 Å². The minimum absolute atomic E-state index is 0.0222. The Labute approximate surface area is 275 Å². The number of ether oxygens (including phenoxy) is 1. The molecule has 1 unspecified atom stereocenters. The van der Waals surface area contributed by atoms with E-state index in [1.54, 1.807) is 36.4 Å². The van der Waals surface area contributed by atoms with Crippen LogP contribution in [0.2, 0.25) is 0 Å². The predicted molar refractivity (Wildman–Crippen MR) is 179 cm³/mol. The van der Waals surface area contributed by atoms with Crippen molar-refractivity contribution in [3.8, 4) is 5.75 Å². The maximum absolute atomic E-state index is 14.4. The first-order valence-electron chi connectivity index (χ1n) is 13.9. The van der Waals surface area contributed by atoms with Crippen LogP contribution < -0.4 is 14.4 Å². The first kappa shape index (κ1) is 33.2. The van der Waals surface area contributed by atoms with Gasteiger partial charge in [-0.15, -0.1) is 0 Å². The molecular weight excluding hydrogens is 710 g/mol. The summed E-state index contributed by atoms with van der Waals surface area (Å²) < 4.78 is 36.4. The Kier molecular flexibility index (Phi) is 11.6. The number of halogens is 2. The van der Waals surface area contributed by atoms with Crippen molar-refractivity contribution < 1.29 is 22.7 Å². The van der Waals surface area contributed by atoms with Gasteiger partial charge in [-0.3, -0.25) is 13.9 Å². The van der Waals surface area contributed by atoms with Crippen molar-refractivity contribution in [1.82, 2.24) is 10.2 Å². The van der Waals surface area contributed by atoms with Crippen molar-refractivity contribution in [3.05, 3.63) is 123 Å². The molecule has 0 aromatic heterocycles. The molecule has 0 fully saturated rings. The van der Waals surface area contributed by atoms with Gasteiger partial charge in [-0.1, -0.05) is 74.3 Å². The fourth-order valence-electron chi connectivity index (χ4n) is 4.64. The summed E-state index contributed by atoms with van der Waals surface area (Å²) in [7, 11) is -2.68. The van der Waals surface area contributed by atoms with E-state index < -0.39 is 28.5 Å². The Morgan fingerprint density at radius 2 is 1.41 bits per heavy atom. The van der Waals surface area contributed by atoms with Gasteiger partial charge in [0.25, 0.3) is 10.0 Å². The van der Waals surface area contributed by atoms with Crippen LogP contribution in [0.3, 0.4) is 0 Å². The molecule has 8 nitrogen and oxygen atoms in total. The average Bonchev–Trinajstić information content (AvgIpc) is 3.03. The van der Waals surface area contributed by atoms with E-state index in [9.17, 15) is 18.0 Å². The SMILES string of the molecule is CCOc1ccc(N(CC(=O)N(Cc2ccc(Br)cc2)C(Cc2ccccc2)C(=O)NC)S(=O)(=O)c2ccc(Br)cc2)cc1. The van der Waals surface area contributed by atoms with Crippen molar-refractivity contribution >= 4 is 59.4 Å². The number of carbonyl (C=O) groups is 2.